The third kappa shape index (κ3) is 4.57. The van der Waals surface area contributed by atoms with Gasteiger partial charge in [-0.25, -0.2) is 8.78 Å². The molecule has 0 radical (unpaired) electrons. The van der Waals surface area contributed by atoms with E-state index < -0.39 is 19.1 Å². The number of rotatable bonds is 4. The van der Waals surface area contributed by atoms with Crippen LogP contribution in [0.2, 0.25) is 0 Å². The van der Waals surface area contributed by atoms with Crippen LogP contribution in [0.4, 0.5) is 22.0 Å². The van der Waals surface area contributed by atoms with Crippen molar-refractivity contribution in [2.75, 3.05) is 6.54 Å². The number of benzene rings is 1. The van der Waals surface area contributed by atoms with Gasteiger partial charge >= 0.3 is 6.18 Å². The highest BCUT2D eigenvalue weighted by molar-refractivity contribution is 5.23. The molecule has 90 valence electrons. The molecule has 0 aliphatic carbocycles. The van der Waals surface area contributed by atoms with Gasteiger partial charge in [-0.1, -0.05) is 24.3 Å². The summed E-state index contributed by atoms with van der Waals surface area (Å²) in [6.07, 6.45) is -6.82. The van der Waals surface area contributed by atoms with Crippen molar-refractivity contribution in [2.45, 2.75) is 19.1 Å². The summed E-state index contributed by atoms with van der Waals surface area (Å²) in [5, 5.41) is 2.18. The molecule has 0 saturated carbocycles. The fourth-order valence-corrected chi connectivity index (χ4v) is 1.13. The Morgan fingerprint density at radius 3 is 2.06 bits per heavy atom. The molecule has 1 nitrogen and oxygen atoms in total. The summed E-state index contributed by atoms with van der Waals surface area (Å²) < 4.78 is 59.6. The van der Waals surface area contributed by atoms with Gasteiger partial charge in [0.25, 0.3) is 6.43 Å². The summed E-state index contributed by atoms with van der Waals surface area (Å²) in [5.74, 6) is 0. The highest BCUT2D eigenvalue weighted by Crippen LogP contribution is 2.18. The van der Waals surface area contributed by atoms with Crippen LogP contribution in [-0.4, -0.2) is 12.7 Å². The second kappa shape index (κ2) is 5.25. The van der Waals surface area contributed by atoms with Crippen LogP contribution in [0.5, 0.6) is 0 Å². The van der Waals surface area contributed by atoms with Gasteiger partial charge in [0.15, 0.2) is 0 Å². The van der Waals surface area contributed by atoms with Gasteiger partial charge in [-0.05, 0) is 5.56 Å². The van der Waals surface area contributed by atoms with Gasteiger partial charge < -0.3 is 5.32 Å². The first kappa shape index (κ1) is 12.9. The Kier molecular flexibility index (Phi) is 4.23. The lowest BCUT2D eigenvalue weighted by atomic mass is 10.1. The summed E-state index contributed by atoms with van der Waals surface area (Å²) in [5.41, 5.74) is 0.397. The lowest BCUT2D eigenvalue weighted by Crippen LogP contribution is -2.28. The van der Waals surface area contributed by atoms with Crippen LogP contribution in [-0.2, 0) is 6.54 Å². The van der Waals surface area contributed by atoms with Crippen molar-refractivity contribution in [3.63, 3.8) is 0 Å². The fourth-order valence-electron chi connectivity index (χ4n) is 1.13. The summed E-state index contributed by atoms with van der Waals surface area (Å²) in [6.45, 7) is -1.09. The topological polar surface area (TPSA) is 12.0 Å². The number of hydrogen-bond donors (Lipinski definition) is 1. The lowest BCUT2D eigenvalue weighted by molar-refractivity contribution is -0.125. The van der Waals surface area contributed by atoms with E-state index >= 15 is 0 Å². The Labute approximate surface area is 89.3 Å². The molecule has 0 atom stereocenters. The molecule has 6 heteroatoms. The zero-order valence-electron chi connectivity index (χ0n) is 8.19. The average molecular weight is 239 g/mol. The summed E-state index contributed by atoms with van der Waals surface area (Å²) in [4.78, 5) is 0. The summed E-state index contributed by atoms with van der Waals surface area (Å²) >= 11 is 0. The van der Waals surface area contributed by atoms with Gasteiger partial charge in [0.1, 0.15) is 0 Å². The Hall–Kier alpha value is -1.17. The molecule has 0 aromatic heterocycles. The van der Waals surface area contributed by atoms with Gasteiger partial charge in [0.05, 0.1) is 6.54 Å². The smallest absolute Gasteiger partial charge is 0.305 e. The molecule has 1 aromatic rings. The van der Waals surface area contributed by atoms with Crippen molar-refractivity contribution in [3.8, 4) is 0 Å². The molecule has 0 saturated heterocycles. The molecule has 1 rings (SSSR count). The van der Waals surface area contributed by atoms with Gasteiger partial charge in [-0.2, -0.15) is 13.2 Å². The first-order valence-corrected chi connectivity index (χ1v) is 4.53. The standard InChI is InChI=1S/C10H10F5N/c11-9(12)8-3-1-7(2-4-8)5-16-6-10(13,14)15/h1-4,9,16H,5-6H2. The molecule has 0 bridgehead atoms. The maximum Gasteiger partial charge on any atom is 0.401 e. The van der Waals surface area contributed by atoms with Crippen LogP contribution < -0.4 is 5.32 Å². The van der Waals surface area contributed by atoms with Gasteiger partial charge in [0, 0.05) is 12.1 Å². The van der Waals surface area contributed by atoms with Crippen molar-refractivity contribution in [3.05, 3.63) is 35.4 Å². The van der Waals surface area contributed by atoms with E-state index in [9.17, 15) is 22.0 Å². The zero-order chi connectivity index (χ0) is 12.2. The number of nitrogens with one attached hydrogen (secondary N) is 1. The molecule has 0 unspecified atom stereocenters. The van der Waals surface area contributed by atoms with Crippen LogP contribution in [0, 0.1) is 0 Å². The number of halogens is 5. The number of hydrogen-bond acceptors (Lipinski definition) is 1. The van der Waals surface area contributed by atoms with E-state index in [1.807, 2.05) is 0 Å². The third-order valence-electron chi connectivity index (χ3n) is 1.89. The highest BCUT2D eigenvalue weighted by Gasteiger charge is 2.25. The Bertz CT molecular complexity index is 317. The van der Waals surface area contributed by atoms with Crippen molar-refractivity contribution in [1.82, 2.24) is 5.32 Å². The van der Waals surface area contributed by atoms with E-state index in [-0.39, 0.29) is 12.1 Å². The SMILES string of the molecule is FC(F)c1ccc(CNCC(F)(F)F)cc1. The molecule has 0 amide bonds. The molecule has 16 heavy (non-hydrogen) atoms. The van der Waals surface area contributed by atoms with Gasteiger partial charge in [-0.3, -0.25) is 0 Å². The van der Waals surface area contributed by atoms with Crippen LogP contribution in [0.3, 0.4) is 0 Å². The van der Waals surface area contributed by atoms with Gasteiger partial charge in [0.2, 0.25) is 0 Å². The highest BCUT2D eigenvalue weighted by atomic mass is 19.4. The minimum Gasteiger partial charge on any atom is -0.305 e. The second-order valence-corrected chi connectivity index (χ2v) is 3.26. The minimum atomic E-state index is -4.26. The van der Waals surface area contributed by atoms with Crippen molar-refractivity contribution in [2.24, 2.45) is 0 Å². The number of alkyl halides is 5. The van der Waals surface area contributed by atoms with Crippen LogP contribution in [0.1, 0.15) is 17.6 Å². The molecule has 0 fully saturated rings. The third-order valence-corrected chi connectivity index (χ3v) is 1.89. The molecule has 0 aliphatic heterocycles. The van der Waals surface area contributed by atoms with Crippen molar-refractivity contribution in [1.29, 1.82) is 0 Å². The van der Waals surface area contributed by atoms with E-state index in [4.69, 9.17) is 0 Å². The second-order valence-electron chi connectivity index (χ2n) is 3.26. The molecular formula is C10H10F5N. The summed E-state index contributed by atoms with van der Waals surface area (Å²) in [6, 6.07) is 5.17. The Balaban J connectivity index is 2.44. The Morgan fingerprint density at radius 1 is 1.06 bits per heavy atom. The predicted molar refractivity (Wildman–Crippen MR) is 49.2 cm³/mol. The fraction of sp³-hybridized carbons (Fsp3) is 0.400. The van der Waals surface area contributed by atoms with E-state index in [0.717, 1.165) is 0 Å². The van der Waals surface area contributed by atoms with E-state index in [2.05, 4.69) is 5.32 Å². The molecule has 0 heterocycles. The van der Waals surface area contributed by atoms with E-state index in [0.29, 0.717) is 5.56 Å². The molecule has 0 spiro atoms. The van der Waals surface area contributed by atoms with Crippen LogP contribution >= 0.6 is 0 Å². The van der Waals surface area contributed by atoms with E-state index in [1.54, 1.807) is 0 Å². The Morgan fingerprint density at radius 2 is 1.62 bits per heavy atom. The van der Waals surface area contributed by atoms with Crippen molar-refractivity contribution >= 4 is 0 Å². The monoisotopic (exact) mass is 239 g/mol. The molecule has 1 N–H and O–H groups in total. The normalized spacial score (nSPS) is 12.1. The summed E-state index contributed by atoms with van der Waals surface area (Å²) in [7, 11) is 0. The zero-order valence-corrected chi connectivity index (χ0v) is 8.19. The van der Waals surface area contributed by atoms with Crippen LogP contribution in [0.25, 0.3) is 0 Å². The maximum absolute atomic E-state index is 12.1. The quantitative estimate of drug-likeness (QED) is 0.795. The van der Waals surface area contributed by atoms with Gasteiger partial charge in [-0.15, -0.1) is 0 Å². The average Bonchev–Trinajstić information content (AvgIpc) is 2.16. The lowest BCUT2D eigenvalue weighted by Gasteiger charge is -2.08. The predicted octanol–water partition coefficient (Wildman–Crippen LogP) is 3.28. The van der Waals surface area contributed by atoms with E-state index in [1.165, 1.54) is 24.3 Å². The minimum absolute atomic E-state index is 0.00300. The molecule has 1 aromatic carbocycles. The van der Waals surface area contributed by atoms with Crippen LogP contribution in [0.15, 0.2) is 24.3 Å². The maximum atomic E-state index is 12.1. The molecular weight excluding hydrogens is 229 g/mol. The van der Waals surface area contributed by atoms with Crippen molar-refractivity contribution < 1.29 is 22.0 Å². The first-order valence-electron chi connectivity index (χ1n) is 4.53. The molecule has 0 aliphatic rings. The first-order chi connectivity index (χ1) is 7.38. The largest absolute Gasteiger partial charge is 0.401 e.